The molecule has 0 radical (unpaired) electrons. The van der Waals surface area contributed by atoms with Gasteiger partial charge in [0.1, 0.15) is 11.2 Å². The van der Waals surface area contributed by atoms with E-state index >= 15 is 0 Å². The molecule has 0 atom stereocenters. The summed E-state index contributed by atoms with van der Waals surface area (Å²) in [6.07, 6.45) is 12.4. The van der Waals surface area contributed by atoms with Crippen LogP contribution in [0.25, 0.3) is 104 Å². The van der Waals surface area contributed by atoms with Crippen molar-refractivity contribution in [3.05, 3.63) is 282 Å². The van der Waals surface area contributed by atoms with Gasteiger partial charge < -0.3 is 23.2 Å². The van der Waals surface area contributed by atoms with Gasteiger partial charge in [0, 0.05) is 55.1 Å². The van der Waals surface area contributed by atoms with E-state index in [4.69, 9.17) is 8.83 Å². The second kappa shape index (κ2) is 22.4. The monoisotopic (exact) mass is 1330 g/mol. The molecule has 1 aliphatic heterocycles. The van der Waals surface area contributed by atoms with Gasteiger partial charge in [0.25, 0.3) is 0 Å². The quantitative estimate of drug-likeness (QED) is 0.128. The van der Waals surface area contributed by atoms with Crippen LogP contribution in [-0.4, -0.2) is 20.7 Å². The van der Waals surface area contributed by atoms with Crippen LogP contribution in [0.4, 0.5) is 34.1 Å². The molecule has 16 aromatic rings. The molecule has 100 heavy (non-hydrogen) atoms. The van der Waals surface area contributed by atoms with Crippen LogP contribution in [-0.2, 0) is 5.41 Å². The fourth-order valence-corrected chi connectivity index (χ4v) is 21.4. The zero-order chi connectivity index (χ0) is 66.9. The Bertz CT molecular complexity index is 5960. The van der Waals surface area contributed by atoms with E-state index < -0.39 is 21.6 Å². The van der Waals surface area contributed by atoms with Gasteiger partial charge in [-0.15, -0.1) is 0 Å². The lowest BCUT2D eigenvalue weighted by atomic mass is 9.65. The average molecular weight is 1330 g/mol. The van der Waals surface area contributed by atoms with Gasteiger partial charge in [0.2, 0.25) is 0 Å². The first-order chi connectivity index (χ1) is 48.9. The first kappa shape index (κ1) is 59.8. The van der Waals surface area contributed by atoms with Gasteiger partial charge in [-0.1, -0.05) is 264 Å². The molecular formula is C93H81N3O2Si2. The summed E-state index contributed by atoms with van der Waals surface area (Å²) >= 11 is 0. The summed E-state index contributed by atoms with van der Waals surface area (Å²) < 4.78 is 17.7. The third-order valence-corrected chi connectivity index (χ3v) is 28.0. The minimum Gasteiger partial charge on any atom is -0.454 e. The third kappa shape index (κ3) is 8.83. The molecule has 3 aliphatic carbocycles. The maximum absolute atomic E-state index is 7.60. The van der Waals surface area contributed by atoms with Crippen molar-refractivity contribution in [3.63, 3.8) is 0 Å². The second-order valence-electron chi connectivity index (χ2n) is 31.5. The highest BCUT2D eigenvalue weighted by Crippen LogP contribution is 2.65. The van der Waals surface area contributed by atoms with Crippen LogP contribution in [0.3, 0.4) is 0 Å². The standard InChI is InChI=1S/C93H81N3O2Si2/c1-99(2,3)66-48-43-62(44-49-66)94(84-39-21-35-74-72-33-19-31-70(89(72)97-91(74)84)58-23-9-7-10-24-58)64-47-54-82-76(55-64)77-56-65(95(63-45-50-67(51-46-63)100(4,5)6)85-40-22-36-75-73-34-20-32-71(90(73)98-92(75)85)59-25-11-8-12-26-59)57-81-88(77)96(82)83-38-18-17-37-78(83)93(81)79-52-41-60-27-13-15-29-68(60)86(79)87-69-30-16-14-28-61(69)42-53-80(87)93/h13-22,27-59H,7-12,23-26H2,1-6H3. The van der Waals surface area contributed by atoms with Gasteiger partial charge in [-0.05, 0) is 176 Å². The van der Waals surface area contributed by atoms with E-state index in [1.165, 1.54) is 173 Å². The molecule has 4 heterocycles. The normalized spacial score (nSPS) is 15.5. The van der Waals surface area contributed by atoms with E-state index in [0.29, 0.717) is 11.8 Å². The van der Waals surface area contributed by atoms with Crippen LogP contribution in [0.5, 0.6) is 0 Å². The summed E-state index contributed by atoms with van der Waals surface area (Å²) in [4.78, 5) is 5.06. The van der Waals surface area contributed by atoms with Crippen molar-refractivity contribution in [2.45, 2.75) is 121 Å². The Morgan fingerprint density at radius 2 is 0.780 bits per heavy atom. The number of aromatic nitrogens is 1. The predicted octanol–water partition coefficient (Wildman–Crippen LogP) is 25.7. The van der Waals surface area contributed by atoms with Crippen molar-refractivity contribution in [2.75, 3.05) is 9.80 Å². The number of anilines is 6. The Hall–Kier alpha value is -10.2. The minimum atomic E-state index is -1.73. The fourth-order valence-electron chi connectivity index (χ4n) is 19.0. The number of rotatable bonds is 10. The van der Waals surface area contributed by atoms with Crippen LogP contribution in [0.2, 0.25) is 39.3 Å². The minimum absolute atomic E-state index is 0.473. The first-order valence-corrected chi connectivity index (χ1v) is 43.9. The summed E-state index contributed by atoms with van der Waals surface area (Å²) in [5.41, 5.74) is 23.5. The molecule has 3 aromatic heterocycles. The summed E-state index contributed by atoms with van der Waals surface area (Å²) in [5, 5.41) is 14.9. The van der Waals surface area contributed by atoms with Crippen molar-refractivity contribution in [2.24, 2.45) is 0 Å². The molecule has 0 saturated heterocycles. The third-order valence-electron chi connectivity index (χ3n) is 23.8. The molecule has 20 rings (SSSR count). The zero-order valence-corrected chi connectivity index (χ0v) is 60.1. The second-order valence-corrected chi connectivity index (χ2v) is 41.7. The van der Waals surface area contributed by atoms with Gasteiger partial charge in [-0.25, -0.2) is 0 Å². The van der Waals surface area contributed by atoms with E-state index in [9.17, 15) is 0 Å². The summed E-state index contributed by atoms with van der Waals surface area (Å²) in [5.74, 6) is 0.963. The Kier molecular flexibility index (Phi) is 13.4. The zero-order valence-electron chi connectivity index (χ0n) is 58.1. The summed E-state index contributed by atoms with van der Waals surface area (Å²) in [6.45, 7) is 14.7. The van der Waals surface area contributed by atoms with Crippen LogP contribution in [0.15, 0.2) is 258 Å². The van der Waals surface area contributed by atoms with E-state index in [0.717, 1.165) is 72.7 Å². The highest BCUT2D eigenvalue weighted by Gasteiger charge is 2.52. The largest absolute Gasteiger partial charge is 0.454 e. The van der Waals surface area contributed by atoms with Crippen molar-refractivity contribution in [3.8, 4) is 16.8 Å². The number of hydrogen-bond donors (Lipinski definition) is 0. The average Bonchev–Trinajstić information content (AvgIpc) is 1.47. The fraction of sp³-hybridized carbons (Fsp3) is 0.204. The lowest BCUT2D eigenvalue weighted by Crippen LogP contribution is -2.37. The Morgan fingerprint density at radius 3 is 1.30 bits per heavy atom. The number of fused-ring (bicyclic) bond motifs is 22. The lowest BCUT2D eigenvalue weighted by Gasteiger charge is -2.40. The molecule has 4 aliphatic rings. The SMILES string of the molecule is C[Si](C)(C)c1ccc(N(c2ccc3c(c2)c2cc(N(c4ccc([Si](C)(C)C)cc4)c4cccc5c4oc4c(C6CCCCC6)cccc45)cc4c2n3-c2ccccc2C42c3ccc4ccccc4c3-c3c2ccc2ccccc32)c2cccc3c2oc2c(C4CCCCC4)cccc23)cc1. The van der Waals surface area contributed by atoms with Crippen molar-refractivity contribution >= 4 is 148 Å². The van der Waals surface area contributed by atoms with E-state index in [-0.39, 0.29) is 0 Å². The van der Waals surface area contributed by atoms with Crippen molar-refractivity contribution in [1.82, 2.24) is 4.57 Å². The maximum atomic E-state index is 7.60. The van der Waals surface area contributed by atoms with Gasteiger partial charge in [0.15, 0.2) is 11.2 Å². The van der Waals surface area contributed by atoms with E-state index in [2.05, 4.69) is 302 Å². The summed E-state index contributed by atoms with van der Waals surface area (Å²) in [6, 6.07) is 96.5. The van der Waals surface area contributed by atoms with Gasteiger partial charge in [0.05, 0.1) is 49.7 Å². The Labute approximate surface area is 586 Å². The van der Waals surface area contributed by atoms with Gasteiger partial charge in [-0.3, -0.25) is 0 Å². The highest BCUT2D eigenvalue weighted by atomic mass is 28.3. The van der Waals surface area contributed by atoms with Crippen LogP contribution >= 0.6 is 0 Å². The summed E-state index contributed by atoms with van der Waals surface area (Å²) in [7, 11) is -3.41. The van der Waals surface area contributed by atoms with Crippen molar-refractivity contribution < 1.29 is 8.83 Å². The molecule has 0 bridgehead atoms. The molecule has 2 fully saturated rings. The van der Waals surface area contributed by atoms with Crippen molar-refractivity contribution in [1.29, 1.82) is 0 Å². The van der Waals surface area contributed by atoms with Crippen LogP contribution in [0, 0.1) is 0 Å². The van der Waals surface area contributed by atoms with Gasteiger partial charge >= 0.3 is 0 Å². The molecule has 13 aromatic carbocycles. The van der Waals surface area contributed by atoms with Gasteiger partial charge in [-0.2, -0.15) is 0 Å². The Balaban J connectivity index is 0.915. The lowest BCUT2D eigenvalue weighted by molar-refractivity contribution is 0.442. The molecule has 488 valence electrons. The Morgan fingerprint density at radius 1 is 0.340 bits per heavy atom. The van der Waals surface area contributed by atoms with E-state index in [1.54, 1.807) is 0 Å². The molecule has 0 N–H and O–H groups in total. The maximum Gasteiger partial charge on any atom is 0.159 e. The molecular weight excluding hydrogens is 1250 g/mol. The van der Waals surface area contributed by atoms with Crippen LogP contribution in [0.1, 0.15) is 109 Å². The predicted molar refractivity (Wildman–Crippen MR) is 428 cm³/mol. The topological polar surface area (TPSA) is 37.7 Å². The smallest absolute Gasteiger partial charge is 0.159 e. The van der Waals surface area contributed by atoms with Crippen LogP contribution < -0.4 is 20.2 Å². The number of nitrogens with zero attached hydrogens (tertiary/aromatic N) is 3. The molecule has 0 amide bonds. The molecule has 0 unspecified atom stereocenters. The molecule has 7 heteroatoms. The molecule has 5 nitrogen and oxygen atoms in total. The number of furan rings is 2. The molecule has 2 saturated carbocycles. The highest BCUT2D eigenvalue weighted by molar-refractivity contribution is 6.89. The first-order valence-electron chi connectivity index (χ1n) is 36.9. The number of hydrogen-bond acceptors (Lipinski definition) is 4. The molecule has 1 spiro atoms. The number of para-hydroxylation sites is 5. The number of benzene rings is 13. The van der Waals surface area contributed by atoms with E-state index in [1.807, 2.05) is 0 Å².